The molecule has 0 amide bonds. The van der Waals surface area contributed by atoms with Gasteiger partial charge in [0.2, 0.25) is 0 Å². The van der Waals surface area contributed by atoms with Gasteiger partial charge in [0.15, 0.2) is 4.80 Å². The minimum atomic E-state index is -0.795. The number of aromatic nitrogens is 2. The van der Waals surface area contributed by atoms with Gasteiger partial charge in [-0.15, -0.1) is 0 Å². The second-order valence-corrected chi connectivity index (χ2v) is 9.97. The number of esters is 1. The topological polar surface area (TPSA) is 85.7 Å². The summed E-state index contributed by atoms with van der Waals surface area (Å²) >= 11 is 1.29. The van der Waals surface area contributed by atoms with E-state index in [4.69, 9.17) is 14.5 Å². The first-order chi connectivity index (χ1) is 19.1. The van der Waals surface area contributed by atoms with Gasteiger partial charge < -0.3 is 14.5 Å². The summed E-state index contributed by atoms with van der Waals surface area (Å²) in [4.78, 5) is 36.3. The number of H-pyrrole nitrogens is 1. The lowest BCUT2D eigenvalue weighted by Crippen LogP contribution is -2.40. The first-order valence-corrected chi connectivity index (χ1v) is 13.4. The Morgan fingerprint density at radius 1 is 1.05 bits per heavy atom. The summed E-state index contributed by atoms with van der Waals surface area (Å²) in [5.41, 5.74) is 3.84. The van der Waals surface area contributed by atoms with Crippen molar-refractivity contribution in [1.29, 1.82) is 0 Å². The van der Waals surface area contributed by atoms with Gasteiger partial charge in [0.1, 0.15) is 11.8 Å². The van der Waals surface area contributed by atoms with Crippen LogP contribution >= 0.6 is 11.3 Å². The van der Waals surface area contributed by atoms with E-state index >= 15 is 0 Å². The predicted molar refractivity (Wildman–Crippen MR) is 152 cm³/mol. The Balaban J connectivity index is 1.68. The molecule has 0 fully saturated rings. The second kappa shape index (κ2) is 10.2. The molecule has 7 nitrogen and oxygen atoms in total. The molecular formula is C31H25N3O4S. The highest BCUT2D eigenvalue weighted by molar-refractivity contribution is 7.07. The monoisotopic (exact) mass is 535 g/mol. The molecule has 1 N–H and O–H groups in total. The fourth-order valence-corrected chi connectivity index (χ4v) is 5.97. The molecule has 0 aliphatic carbocycles. The third kappa shape index (κ3) is 4.28. The minimum Gasteiger partial charge on any atom is -0.496 e. The van der Waals surface area contributed by atoms with Crippen molar-refractivity contribution in [2.75, 3.05) is 13.7 Å². The van der Waals surface area contributed by atoms with Crippen molar-refractivity contribution in [3.05, 3.63) is 127 Å². The highest BCUT2D eigenvalue weighted by Crippen LogP contribution is 2.38. The van der Waals surface area contributed by atoms with Crippen LogP contribution in [0, 0.1) is 0 Å². The number of benzene rings is 3. The van der Waals surface area contributed by atoms with Crippen molar-refractivity contribution in [2.45, 2.75) is 13.0 Å². The summed E-state index contributed by atoms with van der Waals surface area (Å²) in [5, 5.41) is 1.02. The van der Waals surface area contributed by atoms with E-state index in [9.17, 15) is 9.59 Å². The number of ether oxygens (including phenoxy) is 2. The molecule has 0 unspecified atom stereocenters. The Hall–Kier alpha value is -4.69. The molecule has 8 heteroatoms. The third-order valence-electron chi connectivity index (χ3n) is 6.72. The van der Waals surface area contributed by atoms with Crippen LogP contribution in [0.2, 0.25) is 0 Å². The van der Waals surface area contributed by atoms with Gasteiger partial charge in [-0.25, -0.2) is 9.79 Å². The van der Waals surface area contributed by atoms with Crippen LogP contribution in [0.1, 0.15) is 29.7 Å². The number of methoxy groups -OCH3 is 1. The maximum atomic E-state index is 14.1. The van der Waals surface area contributed by atoms with Gasteiger partial charge in [-0.05, 0) is 25.1 Å². The fourth-order valence-electron chi connectivity index (χ4n) is 4.98. The van der Waals surface area contributed by atoms with Crippen LogP contribution in [0.15, 0.2) is 100 Å². The Labute approximate surface area is 228 Å². The van der Waals surface area contributed by atoms with Crippen LogP contribution in [-0.4, -0.2) is 29.2 Å². The first-order valence-electron chi connectivity index (χ1n) is 12.6. The summed E-state index contributed by atoms with van der Waals surface area (Å²) < 4.78 is 13.3. The Morgan fingerprint density at radius 2 is 1.79 bits per heavy atom. The van der Waals surface area contributed by atoms with Crippen molar-refractivity contribution in [3.63, 3.8) is 0 Å². The molecule has 0 saturated heterocycles. The number of aromatic amines is 1. The number of carbonyl (C=O) groups excluding carboxylic acids is 1. The number of fused-ring (bicyclic) bond motifs is 2. The molecule has 3 aromatic carbocycles. The average molecular weight is 536 g/mol. The summed E-state index contributed by atoms with van der Waals surface area (Å²) in [6, 6.07) is 24.1. The van der Waals surface area contributed by atoms with Crippen LogP contribution in [0.4, 0.5) is 0 Å². The van der Waals surface area contributed by atoms with Gasteiger partial charge in [-0.1, -0.05) is 78.1 Å². The van der Waals surface area contributed by atoms with Crippen molar-refractivity contribution in [3.8, 4) is 5.75 Å². The van der Waals surface area contributed by atoms with Crippen LogP contribution in [0.5, 0.6) is 5.75 Å². The zero-order valence-electron chi connectivity index (χ0n) is 21.4. The van der Waals surface area contributed by atoms with Crippen LogP contribution in [0.25, 0.3) is 22.7 Å². The second-order valence-electron chi connectivity index (χ2n) is 8.96. The van der Waals surface area contributed by atoms with Crippen LogP contribution in [0.3, 0.4) is 0 Å². The molecule has 0 saturated carbocycles. The maximum absolute atomic E-state index is 14.1. The number of rotatable bonds is 6. The maximum Gasteiger partial charge on any atom is 0.338 e. The Bertz CT molecular complexity index is 1910. The SMILES string of the molecule is CCOC(=O)C1=C(c2ccccc2)N=c2s/c(=C\c3c[nH]c4ccccc34)c(=O)n2[C@@H]1c1ccccc1OC. The summed E-state index contributed by atoms with van der Waals surface area (Å²) in [5.74, 6) is 0.0340. The molecule has 3 heterocycles. The lowest BCUT2D eigenvalue weighted by Gasteiger charge is -2.27. The van der Waals surface area contributed by atoms with Crippen molar-refractivity contribution >= 4 is 40.0 Å². The molecule has 1 aliphatic heterocycles. The normalized spacial score (nSPS) is 15.2. The number of carbonyl (C=O) groups is 1. The highest BCUT2D eigenvalue weighted by atomic mass is 32.1. The fraction of sp³-hybridized carbons (Fsp3) is 0.129. The summed E-state index contributed by atoms with van der Waals surface area (Å²) in [6.45, 7) is 1.95. The molecule has 1 aliphatic rings. The van der Waals surface area contributed by atoms with E-state index in [-0.39, 0.29) is 12.2 Å². The quantitative estimate of drug-likeness (QED) is 0.326. The van der Waals surface area contributed by atoms with Gasteiger partial charge in [0, 0.05) is 33.8 Å². The molecule has 0 bridgehead atoms. The molecule has 1 atom stereocenters. The van der Waals surface area contributed by atoms with Crippen molar-refractivity contribution < 1.29 is 14.3 Å². The standard InChI is InChI=1S/C31H25N3O4S/c1-3-38-30(36)26-27(19-11-5-4-6-12-19)33-31-34(28(26)22-14-8-10-16-24(22)37-2)29(35)25(39-31)17-20-18-32-23-15-9-7-13-21(20)23/h4-18,28,32H,3H2,1-2H3/b25-17-/t28-/m1/s1. The number of para-hydroxylation sites is 2. The molecule has 0 spiro atoms. The lowest BCUT2D eigenvalue weighted by atomic mass is 9.92. The highest BCUT2D eigenvalue weighted by Gasteiger charge is 2.36. The van der Waals surface area contributed by atoms with Crippen LogP contribution in [-0.2, 0) is 9.53 Å². The Morgan fingerprint density at radius 3 is 2.59 bits per heavy atom. The summed E-state index contributed by atoms with van der Waals surface area (Å²) in [7, 11) is 1.57. The molecule has 39 heavy (non-hydrogen) atoms. The molecule has 2 aromatic heterocycles. The molecule has 0 radical (unpaired) electrons. The van der Waals surface area contributed by atoms with Crippen molar-refractivity contribution in [2.24, 2.45) is 4.99 Å². The van der Waals surface area contributed by atoms with Gasteiger partial charge >= 0.3 is 5.97 Å². The van der Waals surface area contributed by atoms with E-state index in [2.05, 4.69) is 4.98 Å². The molecule has 6 rings (SSSR count). The van der Waals surface area contributed by atoms with Crippen LogP contribution < -0.4 is 19.6 Å². The third-order valence-corrected chi connectivity index (χ3v) is 7.70. The molecular weight excluding hydrogens is 510 g/mol. The zero-order chi connectivity index (χ0) is 26.9. The lowest BCUT2D eigenvalue weighted by molar-refractivity contribution is -0.138. The molecule has 194 valence electrons. The summed E-state index contributed by atoms with van der Waals surface area (Å²) in [6.07, 6.45) is 3.76. The number of hydrogen-bond acceptors (Lipinski definition) is 6. The van der Waals surface area contributed by atoms with E-state index in [1.807, 2.05) is 91.1 Å². The van der Waals surface area contributed by atoms with Gasteiger partial charge in [-0.3, -0.25) is 9.36 Å². The van der Waals surface area contributed by atoms with Crippen molar-refractivity contribution in [1.82, 2.24) is 9.55 Å². The number of nitrogens with one attached hydrogen (secondary N) is 1. The van der Waals surface area contributed by atoms with Gasteiger partial charge in [-0.2, -0.15) is 0 Å². The van der Waals surface area contributed by atoms with E-state index in [0.29, 0.717) is 31.9 Å². The largest absolute Gasteiger partial charge is 0.496 e. The molecule has 5 aromatic rings. The zero-order valence-corrected chi connectivity index (χ0v) is 22.2. The predicted octanol–water partition coefficient (Wildman–Crippen LogP) is 4.43. The van der Waals surface area contributed by atoms with E-state index < -0.39 is 12.0 Å². The van der Waals surface area contributed by atoms with E-state index in [1.54, 1.807) is 18.6 Å². The number of hydrogen-bond donors (Lipinski definition) is 1. The van der Waals surface area contributed by atoms with Gasteiger partial charge in [0.05, 0.1) is 29.5 Å². The first kappa shape index (κ1) is 24.6. The Kier molecular flexibility index (Phi) is 6.46. The smallest absolute Gasteiger partial charge is 0.338 e. The number of nitrogens with zero attached hydrogens (tertiary/aromatic N) is 2. The minimum absolute atomic E-state index is 0.189. The average Bonchev–Trinajstić information content (AvgIpc) is 3.53. The van der Waals surface area contributed by atoms with Gasteiger partial charge in [0.25, 0.3) is 5.56 Å². The van der Waals surface area contributed by atoms with E-state index in [0.717, 1.165) is 22.0 Å². The van der Waals surface area contributed by atoms with E-state index in [1.165, 1.54) is 11.3 Å². The number of thiazole rings is 1.